The van der Waals surface area contributed by atoms with Crippen molar-refractivity contribution >= 4 is 22.8 Å². The zero-order chi connectivity index (χ0) is 27.2. The van der Waals surface area contributed by atoms with Gasteiger partial charge in [-0.1, -0.05) is 0 Å². The molecule has 202 valence electrons. The number of aliphatic hydroxyl groups excluding tert-OH is 1. The van der Waals surface area contributed by atoms with Gasteiger partial charge in [0.15, 0.2) is 5.82 Å². The van der Waals surface area contributed by atoms with E-state index < -0.39 is 17.6 Å². The topological polar surface area (TPSA) is 113 Å². The molecule has 3 aromatic rings. The molecule has 0 spiro atoms. The summed E-state index contributed by atoms with van der Waals surface area (Å²) in [6, 6.07) is 2.30. The number of nitrogens with zero attached hydrogens (tertiary/aromatic N) is 6. The average molecular weight is 526 g/mol. The Labute approximate surface area is 211 Å². The van der Waals surface area contributed by atoms with Gasteiger partial charge in [0, 0.05) is 32.6 Å². The molecule has 3 N–H and O–H groups in total. The molecular formula is C24H31F4N7O2. The van der Waals surface area contributed by atoms with Gasteiger partial charge in [0.1, 0.15) is 17.8 Å². The molecule has 1 saturated heterocycles. The molecule has 3 aromatic heterocycles. The van der Waals surface area contributed by atoms with E-state index in [4.69, 9.17) is 10.8 Å². The van der Waals surface area contributed by atoms with Gasteiger partial charge in [0.25, 0.3) is 0 Å². The summed E-state index contributed by atoms with van der Waals surface area (Å²) >= 11 is 0. The van der Waals surface area contributed by atoms with Gasteiger partial charge < -0.3 is 20.3 Å². The molecule has 1 aliphatic rings. The quantitative estimate of drug-likeness (QED) is 0.435. The number of amides is 1. The SMILES string of the molecule is CCN(Cc1ccc(C(F)(F)F)cn1)c1ncnc2c1c(F)cn2CC1CCN(CC(N)=O)CC1.CO. The van der Waals surface area contributed by atoms with Crippen molar-refractivity contribution in [2.75, 3.05) is 38.2 Å². The maximum Gasteiger partial charge on any atom is 0.417 e. The van der Waals surface area contributed by atoms with Gasteiger partial charge in [-0.05, 0) is 50.9 Å². The molecule has 0 unspecified atom stereocenters. The molecule has 1 fully saturated rings. The summed E-state index contributed by atoms with van der Waals surface area (Å²) in [6.45, 7) is 4.78. The largest absolute Gasteiger partial charge is 0.417 e. The number of likely N-dealkylation sites (tertiary alicyclic amines) is 1. The number of hydrogen-bond acceptors (Lipinski definition) is 7. The summed E-state index contributed by atoms with van der Waals surface area (Å²) in [5.74, 6) is -0.142. The summed E-state index contributed by atoms with van der Waals surface area (Å²) in [5.41, 5.74) is 5.33. The average Bonchev–Trinajstić information content (AvgIpc) is 3.19. The molecule has 0 saturated carbocycles. The molecule has 0 atom stereocenters. The number of halogens is 4. The van der Waals surface area contributed by atoms with Crippen LogP contribution >= 0.6 is 0 Å². The number of alkyl halides is 3. The van der Waals surface area contributed by atoms with Crippen LogP contribution < -0.4 is 10.6 Å². The third kappa shape index (κ3) is 6.92. The van der Waals surface area contributed by atoms with Crippen molar-refractivity contribution in [1.29, 1.82) is 0 Å². The molecule has 37 heavy (non-hydrogen) atoms. The van der Waals surface area contributed by atoms with Crippen molar-refractivity contribution in [3.8, 4) is 0 Å². The van der Waals surface area contributed by atoms with Crippen LogP contribution in [0.4, 0.5) is 23.4 Å². The number of hydrogen-bond donors (Lipinski definition) is 2. The van der Waals surface area contributed by atoms with Crippen LogP contribution in [0, 0.1) is 11.7 Å². The maximum absolute atomic E-state index is 15.1. The molecule has 1 aliphatic heterocycles. The zero-order valence-electron chi connectivity index (χ0n) is 20.7. The van der Waals surface area contributed by atoms with E-state index in [1.807, 2.05) is 11.8 Å². The number of primary amides is 1. The number of nitrogens with two attached hydrogens (primary N) is 1. The molecular weight excluding hydrogens is 494 g/mol. The van der Waals surface area contributed by atoms with Crippen molar-refractivity contribution < 1.29 is 27.5 Å². The van der Waals surface area contributed by atoms with Crippen LogP contribution in [0.15, 0.2) is 30.9 Å². The Balaban J connectivity index is 0.00000186. The van der Waals surface area contributed by atoms with Crippen LogP contribution in [0.2, 0.25) is 0 Å². The second-order valence-corrected chi connectivity index (χ2v) is 8.76. The van der Waals surface area contributed by atoms with Gasteiger partial charge in [-0.2, -0.15) is 13.2 Å². The molecule has 9 nitrogen and oxygen atoms in total. The fraction of sp³-hybridized carbons (Fsp3) is 0.500. The van der Waals surface area contributed by atoms with E-state index in [1.165, 1.54) is 18.6 Å². The lowest BCUT2D eigenvalue weighted by molar-refractivity contribution is -0.137. The monoisotopic (exact) mass is 525 g/mol. The van der Waals surface area contributed by atoms with Crippen LogP contribution in [0.3, 0.4) is 0 Å². The van der Waals surface area contributed by atoms with Gasteiger partial charge in [-0.3, -0.25) is 14.7 Å². The summed E-state index contributed by atoms with van der Waals surface area (Å²) in [7, 11) is 1.00. The normalized spacial score (nSPS) is 14.9. The fourth-order valence-electron chi connectivity index (χ4n) is 4.48. The van der Waals surface area contributed by atoms with Crippen molar-refractivity contribution in [3.05, 3.63) is 47.9 Å². The molecule has 0 aliphatic carbocycles. The standard InChI is InChI=1S/C23H27F4N7O.CH4O/c1-2-33(11-17-4-3-16(9-29-17)23(25,26)27)21-20-18(24)12-34(22(20)31-14-30-21)10-15-5-7-32(8-6-15)13-19(28)35;1-2/h3-4,9,12,14-15H,2,5-8,10-11,13H2,1H3,(H2,28,35);2H,1H3. The van der Waals surface area contributed by atoms with Gasteiger partial charge in [-0.25, -0.2) is 14.4 Å². The summed E-state index contributed by atoms with van der Waals surface area (Å²) < 4.78 is 55.4. The van der Waals surface area contributed by atoms with Gasteiger partial charge in [0.2, 0.25) is 5.91 Å². The fourth-order valence-corrected chi connectivity index (χ4v) is 4.48. The van der Waals surface area contributed by atoms with Crippen molar-refractivity contribution in [3.63, 3.8) is 0 Å². The van der Waals surface area contributed by atoms with Crippen molar-refractivity contribution in [2.24, 2.45) is 11.7 Å². The van der Waals surface area contributed by atoms with E-state index in [1.54, 1.807) is 9.47 Å². The Hall–Kier alpha value is -3.32. The maximum atomic E-state index is 15.1. The molecule has 13 heteroatoms. The van der Waals surface area contributed by atoms with Crippen molar-refractivity contribution in [1.82, 2.24) is 24.4 Å². The Morgan fingerprint density at radius 1 is 1.19 bits per heavy atom. The third-order valence-electron chi connectivity index (χ3n) is 6.31. The molecule has 0 radical (unpaired) electrons. The predicted molar refractivity (Wildman–Crippen MR) is 130 cm³/mol. The number of aromatic nitrogens is 4. The molecule has 4 rings (SSSR count). The number of carbonyl (C=O) groups is 1. The smallest absolute Gasteiger partial charge is 0.400 e. The first-order valence-electron chi connectivity index (χ1n) is 11.9. The summed E-state index contributed by atoms with van der Waals surface area (Å²) in [4.78, 5) is 27.5. The number of fused-ring (bicyclic) bond motifs is 1. The van der Waals surface area contributed by atoms with Gasteiger partial charge >= 0.3 is 6.18 Å². The number of anilines is 1. The minimum absolute atomic E-state index is 0.170. The zero-order valence-corrected chi connectivity index (χ0v) is 20.7. The number of piperidine rings is 1. The number of carbonyl (C=O) groups excluding carboxylic acids is 1. The third-order valence-corrected chi connectivity index (χ3v) is 6.31. The van der Waals surface area contributed by atoms with E-state index in [2.05, 4.69) is 15.0 Å². The molecule has 0 aromatic carbocycles. The minimum atomic E-state index is -4.46. The molecule has 4 heterocycles. The number of rotatable bonds is 8. The number of aliphatic hydroxyl groups is 1. The first-order chi connectivity index (χ1) is 17.7. The lowest BCUT2D eigenvalue weighted by atomic mass is 9.96. The summed E-state index contributed by atoms with van der Waals surface area (Å²) in [6.07, 6.45) is 0.832. The molecule has 1 amide bonds. The second-order valence-electron chi connectivity index (χ2n) is 8.76. The Morgan fingerprint density at radius 2 is 1.89 bits per heavy atom. The first-order valence-corrected chi connectivity index (χ1v) is 11.9. The van der Waals surface area contributed by atoms with Gasteiger partial charge in [0.05, 0.1) is 29.7 Å². The highest BCUT2D eigenvalue weighted by Gasteiger charge is 2.31. The summed E-state index contributed by atoms with van der Waals surface area (Å²) in [5, 5.41) is 7.27. The van der Waals surface area contributed by atoms with Gasteiger partial charge in [-0.15, -0.1) is 0 Å². The Bertz CT molecular complexity index is 1180. The van der Waals surface area contributed by atoms with Crippen molar-refractivity contribution in [2.45, 2.75) is 39.0 Å². The minimum Gasteiger partial charge on any atom is -0.400 e. The van der Waals surface area contributed by atoms with E-state index >= 15 is 4.39 Å². The highest BCUT2D eigenvalue weighted by Crippen LogP contribution is 2.31. The van der Waals surface area contributed by atoms with E-state index in [9.17, 15) is 18.0 Å². The first kappa shape index (κ1) is 28.3. The van der Waals surface area contributed by atoms with Crippen LogP contribution in [-0.2, 0) is 24.1 Å². The molecule has 0 bridgehead atoms. The number of pyridine rings is 1. The Kier molecular flexibility index (Phi) is 9.38. The van der Waals surface area contributed by atoms with Crippen LogP contribution in [-0.4, -0.2) is 68.7 Å². The highest BCUT2D eigenvalue weighted by molar-refractivity contribution is 5.88. The van der Waals surface area contributed by atoms with E-state index in [0.717, 1.165) is 45.3 Å². The van der Waals surface area contributed by atoms with Crippen LogP contribution in [0.1, 0.15) is 31.0 Å². The highest BCUT2D eigenvalue weighted by atomic mass is 19.4. The lowest BCUT2D eigenvalue weighted by Crippen LogP contribution is -2.40. The second kappa shape index (κ2) is 12.3. The Morgan fingerprint density at radius 3 is 2.46 bits per heavy atom. The van der Waals surface area contributed by atoms with Crippen LogP contribution in [0.5, 0.6) is 0 Å². The predicted octanol–water partition coefficient (Wildman–Crippen LogP) is 2.82. The lowest BCUT2D eigenvalue weighted by Gasteiger charge is -2.31. The van der Waals surface area contributed by atoms with E-state index in [0.29, 0.717) is 36.2 Å². The van der Waals surface area contributed by atoms with Crippen LogP contribution in [0.25, 0.3) is 11.0 Å². The van der Waals surface area contributed by atoms with E-state index in [-0.39, 0.29) is 24.4 Å².